The van der Waals surface area contributed by atoms with Crippen molar-refractivity contribution in [2.45, 2.75) is 52.2 Å². The molecule has 2 aromatic carbocycles. The molecular formula is C24H29FN4O2. The number of halogens is 1. The Balaban J connectivity index is 1.45. The highest BCUT2D eigenvalue weighted by atomic mass is 19.1. The summed E-state index contributed by atoms with van der Waals surface area (Å²) in [7, 11) is 2.10. The van der Waals surface area contributed by atoms with Crippen molar-refractivity contribution in [2.24, 2.45) is 0 Å². The molecule has 0 aliphatic carbocycles. The lowest BCUT2D eigenvalue weighted by Gasteiger charge is -2.22. The van der Waals surface area contributed by atoms with Gasteiger partial charge in [-0.2, -0.15) is 4.98 Å². The molecule has 7 heteroatoms. The van der Waals surface area contributed by atoms with Gasteiger partial charge in [0.15, 0.2) is 0 Å². The van der Waals surface area contributed by atoms with Crippen molar-refractivity contribution in [1.29, 1.82) is 0 Å². The highest BCUT2D eigenvalue weighted by Gasteiger charge is 2.11. The van der Waals surface area contributed by atoms with E-state index in [2.05, 4.69) is 53.4 Å². The first-order valence-electron chi connectivity index (χ1n) is 10.5. The Morgan fingerprint density at radius 3 is 2.55 bits per heavy atom. The molecule has 0 radical (unpaired) electrons. The van der Waals surface area contributed by atoms with E-state index in [9.17, 15) is 9.18 Å². The van der Waals surface area contributed by atoms with Crippen LogP contribution >= 0.6 is 0 Å². The summed E-state index contributed by atoms with van der Waals surface area (Å²) < 4.78 is 18.3. The molecule has 0 aliphatic heterocycles. The fourth-order valence-corrected chi connectivity index (χ4v) is 3.09. The summed E-state index contributed by atoms with van der Waals surface area (Å²) in [6, 6.07) is 14.6. The maximum atomic E-state index is 13.0. The summed E-state index contributed by atoms with van der Waals surface area (Å²) in [5, 5.41) is 6.93. The van der Waals surface area contributed by atoms with E-state index >= 15 is 0 Å². The zero-order valence-electron chi connectivity index (χ0n) is 18.3. The summed E-state index contributed by atoms with van der Waals surface area (Å²) >= 11 is 0. The second-order valence-corrected chi connectivity index (χ2v) is 7.93. The van der Waals surface area contributed by atoms with Gasteiger partial charge in [-0.3, -0.25) is 9.69 Å². The lowest BCUT2D eigenvalue weighted by Crippen LogP contribution is -2.27. The normalized spacial score (nSPS) is 11.3. The molecule has 0 spiro atoms. The van der Waals surface area contributed by atoms with Crippen molar-refractivity contribution in [2.75, 3.05) is 7.05 Å². The van der Waals surface area contributed by atoms with E-state index in [-0.39, 0.29) is 11.7 Å². The summed E-state index contributed by atoms with van der Waals surface area (Å²) in [6.45, 7) is 5.68. The van der Waals surface area contributed by atoms with Crippen LogP contribution in [0.2, 0.25) is 0 Å². The maximum Gasteiger partial charge on any atom is 0.226 e. The highest BCUT2D eigenvalue weighted by molar-refractivity contribution is 5.75. The van der Waals surface area contributed by atoms with Crippen LogP contribution < -0.4 is 5.32 Å². The second-order valence-electron chi connectivity index (χ2n) is 7.93. The molecule has 6 nitrogen and oxygen atoms in total. The average Bonchev–Trinajstić information content (AvgIpc) is 3.22. The minimum Gasteiger partial charge on any atom is -0.352 e. The number of amides is 1. The molecule has 164 valence electrons. The van der Waals surface area contributed by atoms with E-state index in [1.807, 2.05) is 12.1 Å². The number of hydrogen-bond acceptors (Lipinski definition) is 5. The predicted octanol–water partition coefficient (Wildman–Crippen LogP) is 4.36. The fourth-order valence-electron chi connectivity index (χ4n) is 3.09. The van der Waals surface area contributed by atoms with E-state index in [4.69, 9.17) is 4.52 Å². The topological polar surface area (TPSA) is 71.3 Å². The lowest BCUT2D eigenvalue weighted by atomic mass is 10.1. The first kappa shape index (κ1) is 22.6. The van der Waals surface area contributed by atoms with Gasteiger partial charge in [-0.15, -0.1) is 0 Å². The van der Waals surface area contributed by atoms with Gasteiger partial charge in [0.2, 0.25) is 17.6 Å². The molecule has 1 N–H and O–H groups in total. The van der Waals surface area contributed by atoms with Crippen LogP contribution in [0.1, 0.15) is 43.7 Å². The Bertz CT molecular complexity index is 985. The third kappa shape index (κ3) is 6.72. The van der Waals surface area contributed by atoms with Crippen LogP contribution in [0.25, 0.3) is 11.4 Å². The Morgan fingerprint density at radius 1 is 1.13 bits per heavy atom. The molecule has 1 heterocycles. The Labute approximate surface area is 182 Å². The summed E-state index contributed by atoms with van der Waals surface area (Å²) in [5.41, 5.74) is 3.04. The van der Waals surface area contributed by atoms with Gasteiger partial charge in [0, 0.05) is 37.5 Å². The van der Waals surface area contributed by atoms with E-state index in [0.29, 0.717) is 49.1 Å². The summed E-state index contributed by atoms with van der Waals surface area (Å²) in [5.74, 6) is 0.565. The van der Waals surface area contributed by atoms with Crippen LogP contribution in [0.5, 0.6) is 0 Å². The minimum absolute atomic E-state index is 0.00899. The Morgan fingerprint density at radius 2 is 1.84 bits per heavy atom. The Kier molecular flexibility index (Phi) is 7.89. The van der Waals surface area contributed by atoms with Crippen molar-refractivity contribution in [3.63, 3.8) is 0 Å². The number of benzene rings is 2. The highest BCUT2D eigenvalue weighted by Crippen LogP contribution is 2.17. The standard InChI is InChI=1S/C24H29FN4O2/c1-17(2)29(3)16-20-8-5-4-7-19(20)15-26-22(30)9-6-10-23-27-24(28-31-23)18-11-13-21(25)14-12-18/h4-5,7-8,11-14,17H,6,9-10,15-16H2,1-3H3,(H,26,30). The fraction of sp³-hybridized carbons (Fsp3) is 0.375. The number of nitrogens with zero attached hydrogens (tertiary/aromatic N) is 3. The number of rotatable bonds is 10. The van der Waals surface area contributed by atoms with Crippen LogP contribution in [-0.4, -0.2) is 34.0 Å². The van der Waals surface area contributed by atoms with Crippen LogP contribution in [0.3, 0.4) is 0 Å². The zero-order valence-corrected chi connectivity index (χ0v) is 18.3. The molecule has 3 aromatic rings. The molecule has 3 rings (SSSR count). The summed E-state index contributed by atoms with van der Waals surface area (Å²) in [6.07, 6.45) is 1.49. The minimum atomic E-state index is -0.312. The molecule has 0 aliphatic rings. The van der Waals surface area contributed by atoms with Gasteiger partial charge in [0.1, 0.15) is 5.82 Å². The molecule has 31 heavy (non-hydrogen) atoms. The van der Waals surface area contributed by atoms with Crippen molar-refractivity contribution in [3.8, 4) is 11.4 Å². The van der Waals surface area contributed by atoms with E-state index < -0.39 is 0 Å². The number of carbonyl (C=O) groups excluding carboxylic acids is 1. The van der Waals surface area contributed by atoms with E-state index in [1.54, 1.807) is 12.1 Å². The van der Waals surface area contributed by atoms with Gasteiger partial charge >= 0.3 is 0 Å². The number of nitrogens with one attached hydrogen (secondary N) is 1. The van der Waals surface area contributed by atoms with Crippen molar-refractivity contribution in [1.82, 2.24) is 20.4 Å². The van der Waals surface area contributed by atoms with E-state index in [0.717, 1.165) is 12.1 Å². The van der Waals surface area contributed by atoms with Gasteiger partial charge in [-0.1, -0.05) is 29.4 Å². The third-order valence-corrected chi connectivity index (χ3v) is 5.26. The van der Waals surface area contributed by atoms with Crippen molar-refractivity contribution < 1.29 is 13.7 Å². The van der Waals surface area contributed by atoms with Gasteiger partial charge in [-0.05, 0) is 62.7 Å². The molecule has 1 amide bonds. The molecule has 1 aromatic heterocycles. The molecule has 0 atom stereocenters. The Hall–Kier alpha value is -3.06. The van der Waals surface area contributed by atoms with Crippen molar-refractivity contribution in [3.05, 3.63) is 71.4 Å². The average molecular weight is 425 g/mol. The number of hydrogen-bond donors (Lipinski definition) is 1. The SMILES string of the molecule is CC(C)N(C)Cc1ccccc1CNC(=O)CCCc1nc(-c2ccc(F)cc2)no1. The van der Waals surface area contributed by atoms with Gasteiger partial charge in [0.05, 0.1) is 0 Å². The smallest absolute Gasteiger partial charge is 0.226 e. The van der Waals surface area contributed by atoms with Crippen LogP contribution in [-0.2, 0) is 24.3 Å². The molecule has 0 fully saturated rings. The monoisotopic (exact) mass is 424 g/mol. The lowest BCUT2D eigenvalue weighted by molar-refractivity contribution is -0.121. The van der Waals surface area contributed by atoms with Gasteiger partial charge in [-0.25, -0.2) is 4.39 Å². The maximum absolute atomic E-state index is 13.0. The largest absolute Gasteiger partial charge is 0.352 e. The van der Waals surface area contributed by atoms with E-state index in [1.165, 1.54) is 17.7 Å². The summed E-state index contributed by atoms with van der Waals surface area (Å²) in [4.78, 5) is 18.9. The van der Waals surface area contributed by atoms with Crippen molar-refractivity contribution >= 4 is 5.91 Å². The third-order valence-electron chi connectivity index (χ3n) is 5.26. The zero-order chi connectivity index (χ0) is 22.2. The van der Waals surface area contributed by atoms with Crippen LogP contribution in [0, 0.1) is 5.82 Å². The van der Waals surface area contributed by atoms with Crippen LogP contribution in [0.4, 0.5) is 4.39 Å². The van der Waals surface area contributed by atoms with Gasteiger partial charge in [0.25, 0.3) is 0 Å². The van der Waals surface area contributed by atoms with Gasteiger partial charge < -0.3 is 9.84 Å². The number of carbonyl (C=O) groups is 1. The quantitative estimate of drug-likeness (QED) is 0.524. The molecular weight excluding hydrogens is 395 g/mol. The molecule has 0 saturated heterocycles. The first-order valence-corrected chi connectivity index (χ1v) is 10.5. The number of aromatic nitrogens is 2. The first-order chi connectivity index (χ1) is 14.9. The second kappa shape index (κ2) is 10.8. The number of aryl methyl sites for hydroxylation is 1. The predicted molar refractivity (Wildman–Crippen MR) is 118 cm³/mol. The molecule has 0 saturated carbocycles. The van der Waals surface area contributed by atoms with Crippen LogP contribution in [0.15, 0.2) is 53.1 Å². The molecule has 0 unspecified atom stereocenters. The molecule has 0 bridgehead atoms.